The Morgan fingerprint density at radius 2 is 0.667 bits per heavy atom. The van der Waals surface area contributed by atoms with Crippen molar-refractivity contribution in [2.45, 2.75) is 141 Å². The van der Waals surface area contributed by atoms with Gasteiger partial charge in [0.2, 0.25) is 0 Å². The molecule has 0 unspecified atom stereocenters. The molecule has 8 nitrogen and oxygen atoms in total. The Labute approximate surface area is 356 Å². The van der Waals surface area contributed by atoms with E-state index >= 15 is 0 Å². The molecule has 2 spiro atoms. The number of ether oxygens (including phenoxy) is 4. The van der Waals surface area contributed by atoms with E-state index in [1.807, 2.05) is 27.7 Å². The van der Waals surface area contributed by atoms with Gasteiger partial charge in [0, 0.05) is 22.0 Å². The molecule has 0 amide bonds. The normalized spacial score (nSPS) is 19.5. The number of rotatable bonds is 6. The first-order valence-electron chi connectivity index (χ1n) is 21.1. The standard InChI is InChI=1S/C27H32O4.C25H32O4/c1-15-9-19-21(17(11-28)23(15)30-7)27(13-25(19,3)4)14-26(5,6)20-10-16(2)24(31-8)18(12-29)22(20)27;1-13-9-15-17(19(26)21(13)28-7)25(11-23(15,3)4)12-24(5,6)16-10-14(2)22(29-8)20(27)18(16)25/h9-12H,13-14H2,1-8H3;9-10,26-27H,11-12H2,1-8H3. The minimum atomic E-state index is -0.492. The van der Waals surface area contributed by atoms with Gasteiger partial charge in [-0.15, -0.1) is 0 Å². The number of aryl methyl sites for hydroxylation is 4. The highest BCUT2D eigenvalue weighted by atomic mass is 16.5. The number of fused-ring (bicyclic) bond motifs is 8. The molecule has 4 aromatic rings. The summed E-state index contributed by atoms with van der Waals surface area (Å²) >= 11 is 0. The van der Waals surface area contributed by atoms with E-state index in [0.717, 1.165) is 93.9 Å². The zero-order valence-corrected chi connectivity index (χ0v) is 38.6. The van der Waals surface area contributed by atoms with Gasteiger partial charge in [-0.05, 0) is 131 Å². The van der Waals surface area contributed by atoms with Crippen molar-refractivity contribution in [3.8, 4) is 34.5 Å². The highest BCUT2D eigenvalue weighted by molar-refractivity contribution is 5.90. The Morgan fingerprint density at radius 3 is 0.917 bits per heavy atom. The van der Waals surface area contributed by atoms with Crippen LogP contribution in [0.1, 0.15) is 169 Å². The average molecular weight is 817 g/mol. The van der Waals surface area contributed by atoms with Crippen LogP contribution in [0.4, 0.5) is 0 Å². The number of hydrogen-bond donors (Lipinski definition) is 2. The van der Waals surface area contributed by atoms with Gasteiger partial charge in [0.1, 0.15) is 11.5 Å². The Balaban J connectivity index is 0.000000182. The van der Waals surface area contributed by atoms with Crippen molar-refractivity contribution in [1.29, 1.82) is 0 Å². The highest BCUT2D eigenvalue weighted by Gasteiger charge is 2.61. The summed E-state index contributed by atoms with van der Waals surface area (Å²) in [6, 6.07) is 8.64. The highest BCUT2D eigenvalue weighted by Crippen LogP contribution is 2.69. The first kappa shape index (κ1) is 43.1. The van der Waals surface area contributed by atoms with Crippen molar-refractivity contribution in [1.82, 2.24) is 0 Å². The molecule has 0 aromatic heterocycles. The van der Waals surface area contributed by atoms with Crippen LogP contribution in [0.2, 0.25) is 0 Å². The number of phenols is 2. The van der Waals surface area contributed by atoms with Gasteiger partial charge < -0.3 is 29.2 Å². The van der Waals surface area contributed by atoms with Crippen LogP contribution < -0.4 is 18.9 Å². The van der Waals surface area contributed by atoms with Crippen LogP contribution in [0.15, 0.2) is 24.3 Å². The molecule has 0 atom stereocenters. The number of methoxy groups -OCH3 is 4. The van der Waals surface area contributed by atoms with Crippen molar-refractivity contribution in [2.24, 2.45) is 0 Å². The summed E-state index contributed by atoms with van der Waals surface area (Å²) in [4.78, 5) is 25.0. The van der Waals surface area contributed by atoms with Crippen LogP contribution in [0.5, 0.6) is 34.5 Å². The molecule has 2 N–H and O–H groups in total. The number of benzene rings is 4. The minimum Gasteiger partial charge on any atom is -0.504 e. The Hall–Kier alpha value is -4.98. The van der Waals surface area contributed by atoms with Crippen LogP contribution in [0.3, 0.4) is 0 Å². The Morgan fingerprint density at radius 1 is 0.433 bits per heavy atom. The maximum absolute atomic E-state index is 12.5. The molecule has 0 heterocycles. The van der Waals surface area contributed by atoms with E-state index in [0.29, 0.717) is 34.1 Å². The number of hydrogen-bond acceptors (Lipinski definition) is 8. The molecule has 0 saturated carbocycles. The van der Waals surface area contributed by atoms with Crippen LogP contribution in [0, 0.1) is 27.7 Å². The third-order valence-corrected chi connectivity index (χ3v) is 14.7. The lowest BCUT2D eigenvalue weighted by atomic mass is 9.70. The van der Waals surface area contributed by atoms with Gasteiger partial charge >= 0.3 is 0 Å². The molecule has 4 aromatic carbocycles. The third-order valence-electron chi connectivity index (χ3n) is 14.7. The number of carbonyl (C=O) groups is 2. The average Bonchev–Trinajstić information content (AvgIpc) is 3.70. The van der Waals surface area contributed by atoms with Crippen molar-refractivity contribution < 1.29 is 38.7 Å². The van der Waals surface area contributed by atoms with Crippen LogP contribution in [-0.2, 0) is 32.5 Å². The summed E-state index contributed by atoms with van der Waals surface area (Å²) < 4.78 is 22.5. The summed E-state index contributed by atoms with van der Waals surface area (Å²) in [5, 5.41) is 22.8. The van der Waals surface area contributed by atoms with Crippen LogP contribution >= 0.6 is 0 Å². The summed E-state index contributed by atoms with van der Waals surface area (Å²) in [7, 11) is 6.42. The predicted molar refractivity (Wildman–Crippen MR) is 237 cm³/mol. The monoisotopic (exact) mass is 816 g/mol. The maximum Gasteiger partial charge on any atom is 0.163 e. The molecular weight excluding hydrogens is 753 g/mol. The van der Waals surface area contributed by atoms with Gasteiger partial charge in [0.25, 0.3) is 0 Å². The van der Waals surface area contributed by atoms with E-state index in [1.165, 1.54) is 11.1 Å². The van der Waals surface area contributed by atoms with Gasteiger partial charge in [-0.2, -0.15) is 0 Å². The smallest absolute Gasteiger partial charge is 0.163 e. The molecule has 4 aliphatic rings. The summed E-state index contributed by atoms with van der Waals surface area (Å²) in [6.07, 6.45) is 5.14. The van der Waals surface area contributed by atoms with Crippen molar-refractivity contribution in [3.63, 3.8) is 0 Å². The lowest BCUT2D eigenvalue weighted by molar-refractivity contribution is 0.111. The van der Waals surface area contributed by atoms with Crippen LogP contribution in [-0.4, -0.2) is 51.2 Å². The van der Waals surface area contributed by atoms with Crippen LogP contribution in [0.25, 0.3) is 0 Å². The predicted octanol–water partition coefficient (Wildman–Crippen LogP) is 11.0. The number of phenolic OH excluding ortho intramolecular Hbond substituents is 2. The van der Waals surface area contributed by atoms with Gasteiger partial charge in [-0.1, -0.05) is 79.7 Å². The Bertz CT molecular complexity index is 2320. The largest absolute Gasteiger partial charge is 0.504 e. The van der Waals surface area contributed by atoms with E-state index in [9.17, 15) is 19.8 Å². The molecule has 0 fully saturated rings. The lowest BCUT2D eigenvalue weighted by Crippen LogP contribution is -2.29. The molecule has 0 aliphatic heterocycles. The van der Waals surface area contributed by atoms with E-state index in [1.54, 1.807) is 28.4 Å². The number of carbonyl (C=O) groups excluding carboxylic acids is 2. The zero-order chi connectivity index (χ0) is 44.4. The molecule has 0 saturated heterocycles. The first-order valence-corrected chi connectivity index (χ1v) is 21.1. The quantitative estimate of drug-likeness (QED) is 0.185. The van der Waals surface area contributed by atoms with Crippen molar-refractivity contribution in [3.05, 3.63) is 102 Å². The summed E-state index contributed by atoms with van der Waals surface area (Å²) in [5.74, 6) is 2.70. The minimum absolute atomic E-state index is 0.147. The maximum atomic E-state index is 12.5. The number of aromatic hydroxyl groups is 2. The lowest BCUT2D eigenvalue weighted by Gasteiger charge is -2.32. The Kier molecular flexibility index (Phi) is 9.90. The summed E-state index contributed by atoms with van der Waals surface area (Å²) in [5.41, 5.74) is 11.9. The molecule has 8 rings (SSSR count). The fraction of sp³-hybridized carbons (Fsp3) is 0.500. The van der Waals surface area contributed by atoms with Gasteiger partial charge in [0.15, 0.2) is 35.6 Å². The molecule has 320 valence electrons. The SMILES string of the molecule is COc1c(C)cc2c(c1C=O)C1(CC2(C)C)CC(C)(C)c2cc(C)c(OC)c(C=O)c21.COc1c(C)cc2c(c1O)C1(CC2(C)C)CC(C)(C)c2cc(C)c(OC)c(O)c21. The number of aldehydes is 2. The zero-order valence-electron chi connectivity index (χ0n) is 38.6. The second kappa shape index (κ2) is 13.8. The van der Waals surface area contributed by atoms with Crippen molar-refractivity contribution in [2.75, 3.05) is 28.4 Å². The second-order valence-corrected chi connectivity index (χ2v) is 20.8. The van der Waals surface area contributed by atoms with Gasteiger partial charge in [0.05, 0.1) is 39.6 Å². The van der Waals surface area contributed by atoms with E-state index < -0.39 is 10.8 Å². The molecule has 8 heteroatoms. The topological polar surface area (TPSA) is 112 Å². The second-order valence-electron chi connectivity index (χ2n) is 20.8. The fourth-order valence-corrected chi connectivity index (χ4v) is 13.1. The molecular formula is C52H64O8. The molecule has 60 heavy (non-hydrogen) atoms. The van der Waals surface area contributed by atoms with Gasteiger partial charge in [-0.25, -0.2) is 0 Å². The molecule has 0 radical (unpaired) electrons. The molecule has 4 aliphatic carbocycles. The van der Waals surface area contributed by atoms with E-state index in [4.69, 9.17) is 18.9 Å². The van der Waals surface area contributed by atoms with E-state index in [-0.39, 0.29) is 33.2 Å². The summed E-state index contributed by atoms with van der Waals surface area (Å²) in [6.45, 7) is 25.7. The van der Waals surface area contributed by atoms with Gasteiger partial charge in [-0.3, -0.25) is 9.59 Å². The van der Waals surface area contributed by atoms with Crippen molar-refractivity contribution >= 4 is 12.6 Å². The third kappa shape index (κ3) is 5.67. The molecule has 0 bridgehead atoms. The first-order chi connectivity index (χ1) is 27.9. The fourth-order valence-electron chi connectivity index (χ4n) is 13.1. The van der Waals surface area contributed by atoms with E-state index in [2.05, 4.69) is 79.7 Å².